The highest BCUT2D eigenvalue weighted by Crippen LogP contribution is 2.42. The molecule has 2 aliphatic heterocycles. The highest BCUT2D eigenvalue weighted by molar-refractivity contribution is 8.04. The van der Waals surface area contributed by atoms with Crippen LogP contribution in [-0.4, -0.2) is 58.6 Å². The number of amides is 2. The summed E-state index contributed by atoms with van der Waals surface area (Å²) in [4.78, 5) is 31.6. The Balaban J connectivity index is 1.28. The van der Waals surface area contributed by atoms with Gasteiger partial charge in [0.1, 0.15) is 0 Å². The van der Waals surface area contributed by atoms with E-state index < -0.39 is 0 Å². The molecule has 0 spiro atoms. The molecule has 0 aromatic heterocycles. The van der Waals surface area contributed by atoms with Gasteiger partial charge in [0.2, 0.25) is 0 Å². The van der Waals surface area contributed by atoms with Crippen LogP contribution in [0.2, 0.25) is 5.02 Å². The molecule has 196 valence electrons. The van der Waals surface area contributed by atoms with Crippen molar-refractivity contribution in [1.29, 1.82) is 0 Å². The number of carbonyl (C=O) groups excluding carboxylic acids is 2. The Kier molecular flexibility index (Phi) is 8.58. The number of rotatable bonds is 7. The first-order valence-electron chi connectivity index (χ1n) is 13.6. The molecule has 37 heavy (non-hydrogen) atoms. The van der Waals surface area contributed by atoms with Crippen LogP contribution in [0.3, 0.4) is 0 Å². The minimum Gasteiger partial charge on any atom is -0.350 e. The molecule has 2 heterocycles. The van der Waals surface area contributed by atoms with Crippen molar-refractivity contribution in [2.45, 2.75) is 69.3 Å². The van der Waals surface area contributed by atoms with Crippen molar-refractivity contribution < 1.29 is 9.59 Å². The van der Waals surface area contributed by atoms with Gasteiger partial charge < -0.3 is 10.2 Å². The monoisotopic (exact) mass is 537 g/mol. The molecule has 7 heteroatoms. The first kappa shape index (κ1) is 26.3. The minimum atomic E-state index is -0.0389. The molecular formula is C30H36ClN3O2S. The van der Waals surface area contributed by atoms with E-state index in [9.17, 15) is 9.59 Å². The number of nitrogens with one attached hydrogen (secondary N) is 1. The van der Waals surface area contributed by atoms with E-state index in [4.69, 9.17) is 11.6 Å². The van der Waals surface area contributed by atoms with E-state index in [0.717, 1.165) is 48.4 Å². The minimum absolute atomic E-state index is 0.0389. The lowest BCUT2D eigenvalue weighted by atomic mass is 9.92. The number of nitrogens with zero attached hydrogens (tertiary/aromatic N) is 2. The predicted molar refractivity (Wildman–Crippen MR) is 153 cm³/mol. The van der Waals surface area contributed by atoms with E-state index >= 15 is 0 Å². The number of likely N-dealkylation sites (N-methyl/N-ethyl adjacent to an activating group) is 1. The van der Waals surface area contributed by atoms with Gasteiger partial charge in [-0.2, -0.15) is 0 Å². The van der Waals surface area contributed by atoms with Gasteiger partial charge in [-0.15, -0.1) is 11.8 Å². The number of carbonyl (C=O) groups is 2. The van der Waals surface area contributed by atoms with Crippen LogP contribution >= 0.6 is 23.4 Å². The molecule has 2 aromatic rings. The molecule has 1 N–H and O–H groups in total. The maximum Gasteiger partial charge on any atom is 0.260 e. The fraction of sp³-hybridized carbons (Fsp3) is 0.467. The summed E-state index contributed by atoms with van der Waals surface area (Å²) in [5.41, 5.74) is 2.66. The molecule has 5 nitrogen and oxygen atoms in total. The number of hydrogen-bond donors (Lipinski definition) is 1. The van der Waals surface area contributed by atoms with Crippen LogP contribution in [0, 0.1) is 0 Å². The largest absolute Gasteiger partial charge is 0.350 e. The second-order valence-corrected chi connectivity index (χ2v) is 12.1. The molecule has 3 aliphatic rings. The number of halogens is 1. The van der Waals surface area contributed by atoms with E-state index in [2.05, 4.69) is 22.0 Å². The Morgan fingerprint density at radius 3 is 2.70 bits per heavy atom. The maximum absolute atomic E-state index is 13.6. The molecule has 3 atom stereocenters. The normalized spacial score (nSPS) is 25.4. The molecule has 3 unspecified atom stereocenters. The van der Waals surface area contributed by atoms with Crippen LogP contribution in [0.1, 0.15) is 66.9 Å². The third-order valence-electron chi connectivity index (χ3n) is 7.93. The SMILES string of the molecule is CCN1CCCC1CNC(=O)c1ccc(/C=C2/SC3CCCCC3N(Cc3cccc(Cl)c3)C2=O)cc1. The number of hydrogen-bond acceptors (Lipinski definition) is 4. The molecule has 3 fully saturated rings. The average molecular weight is 538 g/mol. The van der Waals surface area contributed by atoms with Gasteiger partial charge in [0, 0.05) is 41.0 Å². The molecular weight excluding hydrogens is 502 g/mol. The van der Waals surface area contributed by atoms with E-state index in [0.29, 0.717) is 35.0 Å². The van der Waals surface area contributed by atoms with Crippen molar-refractivity contribution in [3.05, 3.63) is 75.1 Å². The summed E-state index contributed by atoms with van der Waals surface area (Å²) >= 11 is 7.95. The van der Waals surface area contributed by atoms with Crippen molar-refractivity contribution in [3.8, 4) is 0 Å². The Morgan fingerprint density at radius 1 is 1.11 bits per heavy atom. The highest BCUT2D eigenvalue weighted by Gasteiger charge is 2.40. The second-order valence-electron chi connectivity index (χ2n) is 10.3. The van der Waals surface area contributed by atoms with E-state index in [-0.39, 0.29) is 17.9 Å². The summed E-state index contributed by atoms with van der Waals surface area (Å²) < 4.78 is 0. The fourth-order valence-corrected chi connectivity index (χ4v) is 7.62. The molecule has 1 aliphatic carbocycles. The molecule has 2 saturated heterocycles. The van der Waals surface area contributed by atoms with Crippen LogP contribution in [0.15, 0.2) is 53.4 Å². The van der Waals surface area contributed by atoms with Crippen LogP contribution < -0.4 is 5.32 Å². The van der Waals surface area contributed by atoms with Crippen LogP contribution in [0.4, 0.5) is 0 Å². The zero-order valence-corrected chi connectivity index (χ0v) is 23.1. The predicted octanol–water partition coefficient (Wildman–Crippen LogP) is 5.98. The molecule has 1 saturated carbocycles. The molecule has 5 rings (SSSR count). The zero-order valence-electron chi connectivity index (χ0n) is 21.5. The van der Waals surface area contributed by atoms with E-state index in [1.54, 1.807) is 11.8 Å². The molecule has 0 radical (unpaired) electrons. The summed E-state index contributed by atoms with van der Waals surface area (Å²) in [5, 5.41) is 4.22. The highest BCUT2D eigenvalue weighted by atomic mass is 35.5. The van der Waals surface area contributed by atoms with Crippen molar-refractivity contribution in [2.75, 3.05) is 19.6 Å². The van der Waals surface area contributed by atoms with E-state index in [1.165, 1.54) is 19.3 Å². The van der Waals surface area contributed by atoms with Gasteiger partial charge in [0.05, 0.1) is 4.91 Å². The van der Waals surface area contributed by atoms with Gasteiger partial charge in [-0.3, -0.25) is 14.5 Å². The van der Waals surface area contributed by atoms with Gasteiger partial charge in [0.15, 0.2) is 0 Å². The zero-order chi connectivity index (χ0) is 25.8. The number of likely N-dealkylation sites (tertiary alicyclic amines) is 1. The summed E-state index contributed by atoms with van der Waals surface area (Å²) in [6, 6.07) is 16.1. The number of thioether (sulfide) groups is 1. The topological polar surface area (TPSA) is 52.7 Å². The lowest BCUT2D eigenvalue weighted by Crippen LogP contribution is -2.50. The number of fused-ring (bicyclic) bond motifs is 1. The van der Waals surface area contributed by atoms with Crippen LogP contribution in [0.25, 0.3) is 6.08 Å². The first-order chi connectivity index (χ1) is 18.0. The smallest absolute Gasteiger partial charge is 0.260 e. The first-order valence-corrected chi connectivity index (χ1v) is 14.8. The summed E-state index contributed by atoms with van der Waals surface area (Å²) in [5.74, 6) is 0.0509. The van der Waals surface area contributed by atoms with Crippen molar-refractivity contribution in [3.63, 3.8) is 0 Å². The molecule has 2 aromatic carbocycles. The fourth-order valence-electron chi connectivity index (χ4n) is 5.93. The number of benzene rings is 2. The Hall–Kier alpha value is -2.28. The lowest BCUT2D eigenvalue weighted by molar-refractivity contribution is -0.130. The standard InChI is InChI=1S/C30H36ClN3O2S/c1-2-33-16-6-9-25(33)19-32-29(35)23-14-12-21(13-15-23)18-28-30(36)34(20-22-7-5-8-24(31)17-22)26-10-3-4-11-27(26)37-28/h5,7-8,12-15,17-18,25-27H,2-4,6,9-11,16,19-20H2,1H3,(H,32,35)/b28-18+. The summed E-state index contributed by atoms with van der Waals surface area (Å²) in [6.07, 6.45) is 8.89. The quantitative estimate of drug-likeness (QED) is 0.441. The summed E-state index contributed by atoms with van der Waals surface area (Å²) in [6.45, 7) is 5.59. The van der Waals surface area contributed by atoms with Gasteiger partial charge in [0.25, 0.3) is 11.8 Å². The van der Waals surface area contributed by atoms with Gasteiger partial charge >= 0.3 is 0 Å². The maximum atomic E-state index is 13.6. The van der Waals surface area contributed by atoms with Gasteiger partial charge in [-0.1, -0.05) is 55.6 Å². The third kappa shape index (κ3) is 6.24. The third-order valence-corrected chi connectivity index (χ3v) is 9.57. The average Bonchev–Trinajstić information content (AvgIpc) is 3.38. The van der Waals surface area contributed by atoms with Crippen molar-refractivity contribution in [1.82, 2.24) is 15.1 Å². The summed E-state index contributed by atoms with van der Waals surface area (Å²) in [7, 11) is 0. The van der Waals surface area contributed by atoms with E-state index in [1.807, 2.05) is 54.6 Å². The van der Waals surface area contributed by atoms with Crippen molar-refractivity contribution >= 4 is 41.3 Å². The van der Waals surface area contributed by atoms with Gasteiger partial charge in [-0.05, 0) is 80.2 Å². The second kappa shape index (κ2) is 12.1. The van der Waals surface area contributed by atoms with Crippen molar-refractivity contribution in [2.24, 2.45) is 0 Å². The van der Waals surface area contributed by atoms with Crippen LogP contribution in [0.5, 0.6) is 0 Å². The van der Waals surface area contributed by atoms with Gasteiger partial charge in [-0.25, -0.2) is 0 Å². The Morgan fingerprint density at radius 2 is 1.92 bits per heavy atom. The molecule has 0 bridgehead atoms. The van der Waals surface area contributed by atoms with Crippen LogP contribution in [-0.2, 0) is 11.3 Å². The molecule has 2 amide bonds. The Labute approximate surface area is 229 Å². The Bertz CT molecular complexity index is 1150. The lowest BCUT2D eigenvalue weighted by Gasteiger charge is -2.44.